The number of nitrogens with zero attached hydrogens (tertiary/aromatic N) is 4. The maximum atomic E-state index is 13.7. The minimum atomic E-state index is -0.385. The molecule has 0 aliphatic heterocycles. The molecule has 0 fully saturated rings. The minimum Gasteiger partial charge on any atom is -0.302 e. The monoisotopic (exact) mass is 425 g/mol. The normalized spacial score (nSPS) is 10.9. The highest BCUT2D eigenvalue weighted by Crippen LogP contribution is 2.23. The van der Waals surface area contributed by atoms with E-state index in [9.17, 15) is 9.18 Å². The van der Waals surface area contributed by atoms with Crippen LogP contribution in [0, 0.1) is 5.82 Å². The Morgan fingerprint density at radius 1 is 1.40 bits per heavy atom. The van der Waals surface area contributed by atoms with E-state index in [2.05, 4.69) is 31.4 Å². The molecule has 1 amide bonds. The molecular weight excluding hydrogens is 413 g/mol. The first-order valence-corrected chi connectivity index (χ1v) is 8.65. The highest BCUT2D eigenvalue weighted by atomic mass is 79.9. The van der Waals surface area contributed by atoms with Gasteiger partial charge in [-0.25, -0.2) is 4.39 Å². The average Bonchev–Trinajstić information content (AvgIpc) is 3.12. The van der Waals surface area contributed by atoms with Gasteiger partial charge < -0.3 is 5.32 Å². The van der Waals surface area contributed by atoms with Crippen LogP contribution in [0.4, 0.5) is 10.2 Å². The summed E-state index contributed by atoms with van der Waals surface area (Å²) in [6.45, 7) is 2.63. The van der Waals surface area contributed by atoms with E-state index in [4.69, 9.17) is 11.6 Å². The van der Waals surface area contributed by atoms with E-state index < -0.39 is 0 Å². The highest BCUT2D eigenvalue weighted by Gasteiger charge is 2.19. The van der Waals surface area contributed by atoms with E-state index in [0.717, 1.165) is 0 Å². The number of carbonyl (C=O) groups excluding carboxylic acids is 1. The Bertz CT molecular complexity index is 923. The van der Waals surface area contributed by atoms with Crippen LogP contribution in [0.15, 0.2) is 41.1 Å². The largest absolute Gasteiger partial charge is 0.302 e. The molecule has 2 aromatic heterocycles. The standard InChI is InChI=1S/C16H14BrClFN5O/c1-2-24-14(11(17)7-20-24)16(25)21-15-12(18)9-23(22-15)8-10-5-3-4-6-13(10)19/h3-7,9H,2,8H2,1H3,(H,21,22,25). The molecule has 1 aromatic carbocycles. The molecule has 25 heavy (non-hydrogen) atoms. The van der Waals surface area contributed by atoms with Crippen molar-refractivity contribution in [2.45, 2.75) is 20.0 Å². The van der Waals surface area contributed by atoms with E-state index >= 15 is 0 Å². The predicted octanol–water partition coefficient (Wildman–Crippen LogP) is 3.96. The van der Waals surface area contributed by atoms with Gasteiger partial charge in [-0.15, -0.1) is 0 Å². The maximum absolute atomic E-state index is 13.7. The number of halogens is 3. The van der Waals surface area contributed by atoms with Crippen LogP contribution in [0.1, 0.15) is 23.0 Å². The third kappa shape index (κ3) is 3.74. The number of nitrogens with one attached hydrogen (secondary N) is 1. The molecule has 0 aliphatic rings. The van der Waals surface area contributed by atoms with Crippen molar-refractivity contribution in [2.75, 3.05) is 5.32 Å². The van der Waals surface area contributed by atoms with Crippen molar-refractivity contribution in [1.29, 1.82) is 0 Å². The van der Waals surface area contributed by atoms with Gasteiger partial charge in [0, 0.05) is 18.3 Å². The Morgan fingerprint density at radius 3 is 2.88 bits per heavy atom. The van der Waals surface area contributed by atoms with Crippen molar-refractivity contribution in [3.63, 3.8) is 0 Å². The van der Waals surface area contributed by atoms with Crippen molar-refractivity contribution in [3.8, 4) is 0 Å². The van der Waals surface area contributed by atoms with Crippen molar-refractivity contribution >= 4 is 39.3 Å². The van der Waals surface area contributed by atoms with Crippen LogP contribution in [0.5, 0.6) is 0 Å². The summed E-state index contributed by atoms with van der Waals surface area (Å²) in [5.74, 6) is -0.501. The molecule has 130 valence electrons. The second-order valence-electron chi connectivity index (χ2n) is 5.23. The Balaban J connectivity index is 1.80. The summed E-state index contributed by atoms with van der Waals surface area (Å²) in [5, 5.41) is 11.2. The summed E-state index contributed by atoms with van der Waals surface area (Å²) in [6, 6.07) is 6.41. The zero-order chi connectivity index (χ0) is 18.0. The average molecular weight is 427 g/mol. The lowest BCUT2D eigenvalue weighted by atomic mass is 10.2. The second kappa shape index (κ2) is 7.37. The molecular formula is C16H14BrClFN5O. The number of hydrogen-bond donors (Lipinski definition) is 1. The fourth-order valence-corrected chi connectivity index (χ4v) is 3.03. The molecule has 3 aromatic rings. The summed E-state index contributed by atoms with van der Waals surface area (Å²) in [5.41, 5.74) is 0.855. The molecule has 2 heterocycles. The number of aryl methyl sites for hydroxylation is 1. The zero-order valence-electron chi connectivity index (χ0n) is 13.2. The molecule has 0 bridgehead atoms. The number of benzene rings is 1. The molecule has 3 rings (SSSR count). The number of carbonyl (C=O) groups is 1. The third-order valence-electron chi connectivity index (χ3n) is 3.55. The lowest BCUT2D eigenvalue weighted by Crippen LogP contribution is -2.18. The number of rotatable bonds is 5. The van der Waals surface area contributed by atoms with E-state index in [1.165, 1.54) is 16.9 Å². The van der Waals surface area contributed by atoms with Crippen molar-refractivity contribution in [2.24, 2.45) is 0 Å². The number of amides is 1. The van der Waals surface area contributed by atoms with Gasteiger partial charge in [0.25, 0.3) is 5.91 Å². The van der Waals surface area contributed by atoms with Crippen molar-refractivity contribution in [1.82, 2.24) is 19.6 Å². The highest BCUT2D eigenvalue weighted by molar-refractivity contribution is 9.10. The van der Waals surface area contributed by atoms with Gasteiger partial charge in [-0.3, -0.25) is 14.2 Å². The summed E-state index contributed by atoms with van der Waals surface area (Å²) in [6.07, 6.45) is 3.09. The smallest absolute Gasteiger partial charge is 0.276 e. The SMILES string of the molecule is CCn1ncc(Br)c1C(=O)Nc1nn(Cc2ccccc2F)cc1Cl. The van der Waals surface area contributed by atoms with Crippen LogP contribution in [0.2, 0.25) is 5.02 Å². The topological polar surface area (TPSA) is 64.7 Å². The molecule has 1 N–H and O–H groups in total. The molecule has 0 aliphatic carbocycles. The first-order chi connectivity index (χ1) is 12.0. The fourth-order valence-electron chi connectivity index (χ4n) is 2.36. The molecule has 0 spiro atoms. The van der Waals surface area contributed by atoms with Gasteiger partial charge in [0.05, 0.1) is 17.2 Å². The Labute approximate surface area is 156 Å². The van der Waals surface area contributed by atoms with Crippen LogP contribution in [0.25, 0.3) is 0 Å². The van der Waals surface area contributed by atoms with Gasteiger partial charge in [0.15, 0.2) is 5.82 Å². The molecule has 9 heteroatoms. The fraction of sp³-hybridized carbons (Fsp3) is 0.188. The lowest BCUT2D eigenvalue weighted by molar-refractivity contribution is 0.101. The number of hydrogen-bond acceptors (Lipinski definition) is 3. The van der Waals surface area contributed by atoms with Crippen molar-refractivity contribution < 1.29 is 9.18 Å². The number of anilines is 1. The van der Waals surface area contributed by atoms with Crippen LogP contribution in [-0.2, 0) is 13.1 Å². The summed E-state index contributed by atoms with van der Waals surface area (Å²) < 4.78 is 17.4. The van der Waals surface area contributed by atoms with Gasteiger partial charge in [-0.1, -0.05) is 29.8 Å². The molecule has 0 atom stereocenters. The molecule has 6 nitrogen and oxygen atoms in total. The number of aromatic nitrogens is 4. The Kier molecular flexibility index (Phi) is 5.19. The second-order valence-corrected chi connectivity index (χ2v) is 6.49. The van der Waals surface area contributed by atoms with Crippen LogP contribution in [-0.4, -0.2) is 25.5 Å². The first kappa shape index (κ1) is 17.6. The Hall–Kier alpha value is -2.19. The molecule has 0 unspecified atom stereocenters. The van der Waals surface area contributed by atoms with Crippen LogP contribution >= 0.6 is 27.5 Å². The van der Waals surface area contributed by atoms with Gasteiger partial charge in [-0.05, 0) is 28.9 Å². The van der Waals surface area contributed by atoms with Crippen LogP contribution in [0.3, 0.4) is 0 Å². The summed E-state index contributed by atoms with van der Waals surface area (Å²) >= 11 is 9.45. The summed E-state index contributed by atoms with van der Waals surface area (Å²) in [7, 11) is 0. The van der Waals surface area contributed by atoms with E-state index in [-0.39, 0.29) is 29.1 Å². The maximum Gasteiger partial charge on any atom is 0.276 e. The zero-order valence-corrected chi connectivity index (χ0v) is 15.6. The molecule has 0 saturated carbocycles. The predicted molar refractivity (Wildman–Crippen MR) is 96.3 cm³/mol. The quantitative estimate of drug-likeness (QED) is 0.672. The van der Waals surface area contributed by atoms with Gasteiger partial charge in [0.1, 0.15) is 16.5 Å². The van der Waals surface area contributed by atoms with Gasteiger partial charge >= 0.3 is 0 Å². The molecule has 0 radical (unpaired) electrons. The van der Waals surface area contributed by atoms with Gasteiger partial charge in [-0.2, -0.15) is 10.2 Å². The van der Waals surface area contributed by atoms with E-state index in [0.29, 0.717) is 22.3 Å². The molecule has 0 saturated heterocycles. The third-order valence-corrected chi connectivity index (χ3v) is 4.41. The summed E-state index contributed by atoms with van der Waals surface area (Å²) in [4.78, 5) is 12.5. The Morgan fingerprint density at radius 2 is 2.16 bits per heavy atom. The van der Waals surface area contributed by atoms with Gasteiger partial charge in [0.2, 0.25) is 0 Å². The first-order valence-electron chi connectivity index (χ1n) is 7.48. The lowest BCUT2D eigenvalue weighted by Gasteiger charge is -2.06. The van der Waals surface area contributed by atoms with Crippen molar-refractivity contribution in [3.05, 3.63) is 63.2 Å². The van der Waals surface area contributed by atoms with E-state index in [1.54, 1.807) is 29.1 Å². The van der Waals surface area contributed by atoms with E-state index in [1.807, 2.05) is 6.92 Å². The van der Waals surface area contributed by atoms with Crippen LogP contribution < -0.4 is 5.32 Å². The minimum absolute atomic E-state index is 0.207.